The van der Waals surface area contributed by atoms with E-state index < -0.39 is 0 Å². The number of para-hydroxylation sites is 1. The van der Waals surface area contributed by atoms with Crippen molar-refractivity contribution in [1.82, 2.24) is 15.6 Å². The third-order valence-electron chi connectivity index (χ3n) is 5.00. The van der Waals surface area contributed by atoms with Gasteiger partial charge in [0.15, 0.2) is 5.96 Å². The molecule has 3 rings (SSSR count). The van der Waals surface area contributed by atoms with Crippen LogP contribution in [0.2, 0.25) is 0 Å². The van der Waals surface area contributed by atoms with Gasteiger partial charge in [-0.1, -0.05) is 18.2 Å². The smallest absolute Gasteiger partial charge is 0.190 e. The average Bonchev–Trinajstić information content (AvgIpc) is 3.30. The average molecular weight is 500 g/mol. The summed E-state index contributed by atoms with van der Waals surface area (Å²) in [7, 11) is 1.81. The normalized spacial score (nSPS) is 16.9. The number of aromatic amines is 1. The van der Waals surface area contributed by atoms with E-state index in [2.05, 4.69) is 51.8 Å². The molecule has 6 nitrogen and oxygen atoms in total. The molecule has 0 amide bonds. The summed E-state index contributed by atoms with van der Waals surface area (Å²) in [5.41, 5.74) is 3.82. The Kier molecular flexibility index (Phi) is 10.1. The maximum absolute atomic E-state index is 5.69. The number of halogens is 1. The van der Waals surface area contributed by atoms with Gasteiger partial charge in [-0.3, -0.25) is 4.99 Å². The minimum Gasteiger partial charge on any atom is -0.379 e. The van der Waals surface area contributed by atoms with E-state index in [0.29, 0.717) is 6.10 Å². The largest absolute Gasteiger partial charge is 0.379 e. The fourth-order valence-corrected chi connectivity index (χ4v) is 3.55. The molecule has 7 heteroatoms. The molecule has 0 aliphatic carbocycles. The topological polar surface area (TPSA) is 70.7 Å². The van der Waals surface area contributed by atoms with Gasteiger partial charge in [-0.05, 0) is 44.2 Å². The Morgan fingerprint density at radius 1 is 1.29 bits per heavy atom. The molecule has 156 valence electrons. The van der Waals surface area contributed by atoms with Crippen LogP contribution in [-0.2, 0) is 15.9 Å². The van der Waals surface area contributed by atoms with Gasteiger partial charge in [-0.15, -0.1) is 24.0 Å². The van der Waals surface area contributed by atoms with Crippen LogP contribution in [0.5, 0.6) is 0 Å². The monoisotopic (exact) mass is 500 g/mol. The summed E-state index contributed by atoms with van der Waals surface area (Å²) in [5.74, 6) is 0.839. The van der Waals surface area contributed by atoms with E-state index in [4.69, 9.17) is 9.47 Å². The number of nitrogens with zero attached hydrogens (tertiary/aromatic N) is 1. The zero-order valence-corrected chi connectivity index (χ0v) is 19.3. The van der Waals surface area contributed by atoms with Crippen molar-refractivity contribution in [2.24, 2.45) is 4.99 Å². The van der Waals surface area contributed by atoms with E-state index in [0.717, 1.165) is 64.6 Å². The van der Waals surface area contributed by atoms with Crippen molar-refractivity contribution in [3.63, 3.8) is 0 Å². The Bertz CT molecular complexity index is 741. The number of hydrogen-bond donors (Lipinski definition) is 3. The molecule has 0 spiro atoms. The molecule has 1 aliphatic rings. The molecule has 0 saturated carbocycles. The molecule has 28 heavy (non-hydrogen) atoms. The number of aryl methyl sites for hydroxylation is 1. The van der Waals surface area contributed by atoms with Crippen molar-refractivity contribution in [2.45, 2.75) is 38.7 Å². The second-order valence-electron chi connectivity index (χ2n) is 7.01. The van der Waals surface area contributed by atoms with Crippen LogP contribution in [-0.4, -0.2) is 57.0 Å². The van der Waals surface area contributed by atoms with Crippen LogP contribution in [0.1, 0.15) is 30.5 Å². The molecule has 1 unspecified atom stereocenters. The first-order valence-electron chi connectivity index (χ1n) is 9.98. The highest BCUT2D eigenvalue weighted by molar-refractivity contribution is 14.0. The van der Waals surface area contributed by atoms with Crippen LogP contribution in [0, 0.1) is 6.92 Å². The Morgan fingerprint density at radius 3 is 2.89 bits per heavy atom. The predicted octanol–water partition coefficient (Wildman–Crippen LogP) is 3.39. The maximum atomic E-state index is 5.69. The zero-order chi connectivity index (χ0) is 18.9. The minimum absolute atomic E-state index is 0. The van der Waals surface area contributed by atoms with Gasteiger partial charge in [-0.2, -0.15) is 0 Å². The van der Waals surface area contributed by atoms with Gasteiger partial charge in [0.05, 0.1) is 12.7 Å². The number of ether oxygens (including phenoxy) is 2. The molecule has 1 aliphatic heterocycles. The number of rotatable bonds is 9. The zero-order valence-electron chi connectivity index (χ0n) is 16.9. The van der Waals surface area contributed by atoms with Gasteiger partial charge in [0.1, 0.15) is 0 Å². The molecule has 3 N–H and O–H groups in total. The highest BCUT2D eigenvalue weighted by Gasteiger charge is 2.14. The van der Waals surface area contributed by atoms with Gasteiger partial charge in [0.25, 0.3) is 0 Å². The van der Waals surface area contributed by atoms with Crippen LogP contribution in [0.4, 0.5) is 0 Å². The molecular formula is C21H33IN4O2. The number of benzene rings is 1. The molecule has 2 aromatic rings. The Morgan fingerprint density at radius 2 is 2.11 bits per heavy atom. The fraction of sp³-hybridized carbons (Fsp3) is 0.571. The standard InChI is InChI=1S/C21H32N4O2.HI/c1-16-18(19-8-3-4-9-20(19)25-16)10-12-24-21(22-2)23-11-6-13-26-15-17-7-5-14-27-17;/h3-4,8-9,17,25H,5-7,10-15H2,1-2H3,(H2,22,23,24);1H. The third kappa shape index (κ3) is 6.63. The molecule has 1 fully saturated rings. The van der Waals surface area contributed by atoms with Crippen molar-refractivity contribution in [3.8, 4) is 0 Å². The summed E-state index contributed by atoms with van der Waals surface area (Å²) in [5, 5.41) is 8.06. The summed E-state index contributed by atoms with van der Waals surface area (Å²) in [6.07, 6.45) is 4.51. The van der Waals surface area contributed by atoms with Gasteiger partial charge >= 0.3 is 0 Å². The lowest BCUT2D eigenvalue weighted by atomic mass is 10.1. The van der Waals surface area contributed by atoms with Crippen LogP contribution in [0.3, 0.4) is 0 Å². The van der Waals surface area contributed by atoms with E-state index in [1.165, 1.54) is 22.2 Å². The molecule has 1 aromatic carbocycles. The molecule has 2 heterocycles. The molecule has 0 bridgehead atoms. The number of guanidine groups is 1. The van der Waals surface area contributed by atoms with Crippen LogP contribution < -0.4 is 10.6 Å². The Hall–Kier alpha value is -1.32. The first-order chi connectivity index (χ1) is 13.3. The van der Waals surface area contributed by atoms with Crippen LogP contribution in [0.15, 0.2) is 29.3 Å². The van der Waals surface area contributed by atoms with Gasteiger partial charge in [0.2, 0.25) is 0 Å². The van der Waals surface area contributed by atoms with Crippen LogP contribution >= 0.6 is 24.0 Å². The lowest BCUT2D eigenvalue weighted by Gasteiger charge is -2.13. The lowest BCUT2D eigenvalue weighted by molar-refractivity contribution is 0.0168. The number of fused-ring (bicyclic) bond motifs is 1. The summed E-state index contributed by atoms with van der Waals surface area (Å²) in [4.78, 5) is 7.75. The minimum atomic E-state index is 0. The molecule has 1 aromatic heterocycles. The number of H-pyrrole nitrogens is 1. The summed E-state index contributed by atoms with van der Waals surface area (Å²) < 4.78 is 11.2. The van der Waals surface area contributed by atoms with E-state index >= 15 is 0 Å². The van der Waals surface area contributed by atoms with Crippen molar-refractivity contribution >= 4 is 40.8 Å². The number of nitrogens with one attached hydrogen (secondary N) is 3. The van der Waals surface area contributed by atoms with E-state index in [1.807, 2.05) is 0 Å². The summed E-state index contributed by atoms with van der Waals surface area (Å²) >= 11 is 0. The van der Waals surface area contributed by atoms with E-state index in [9.17, 15) is 0 Å². The molecule has 1 atom stereocenters. The van der Waals surface area contributed by atoms with Crippen molar-refractivity contribution in [3.05, 3.63) is 35.5 Å². The summed E-state index contributed by atoms with van der Waals surface area (Å²) in [6, 6.07) is 8.46. The van der Waals surface area contributed by atoms with Gasteiger partial charge in [-0.25, -0.2) is 0 Å². The highest BCUT2D eigenvalue weighted by atomic mass is 127. The lowest BCUT2D eigenvalue weighted by Crippen LogP contribution is -2.39. The van der Waals surface area contributed by atoms with Gasteiger partial charge in [0, 0.05) is 49.9 Å². The van der Waals surface area contributed by atoms with Crippen molar-refractivity contribution in [1.29, 1.82) is 0 Å². The molecular weight excluding hydrogens is 467 g/mol. The maximum Gasteiger partial charge on any atom is 0.190 e. The molecule has 0 radical (unpaired) electrons. The Labute approximate surface area is 184 Å². The van der Waals surface area contributed by atoms with Crippen LogP contribution in [0.25, 0.3) is 10.9 Å². The quantitative estimate of drug-likeness (QED) is 0.214. The first kappa shape index (κ1) is 23.0. The molecule has 1 saturated heterocycles. The number of aliphatic imine (C=N–C) groups is 1. The highest BCUT2D eigenvalue weighted by Crippen LogP contribution is 2.21. The van der Waals surface area contributed by atoms with Gasteiger partial charge < -0.3 is 25.1 Å². The fourth-order valence-electron chi connectivity index (χ4n) is 3.55. The SMILES string of the molecule is CN=C(NCCCOCC1CCCO1)NCCc1c(C)[nH]c2ccccc12.I. The third-order valence-corrected chi connectivity index (χ3v) is 5.00. The first-order valence-corrected chi connectivity index (χ1v) is 9.98. The van der Waals surface area contributed by atoms with Crippen molar-refractivity contribution in [2.75, 3.05) is 40.0 Å². The second kappa shape index (κ2) is 12.3. The van der Waals surface area contributed by atoms with Crippen molar-refractivity contribution < 1.29 is 9.47 Å². The Balaban J connectivity index is 0.00000280. The summed E-state index contributed by atoms with van der Waals surface area (Å²) in [6.45, 7) is 6.18. The number of hydrogen-bond acceptors (Lipinski definition) is 3. The number of aromatic nitrogens is 1. The van der Waals surface area contributed by atoms with E-state index in [1.54, 1.807) is 7.05 Å². The van der Waals surface area contributed by atoms with E-state index in [-0.39, 0.29) is 24.0 Å². The second-order valence-corrected chi connectivity index (χ2v) is 7.01. The predicted molar refractivity (Wildman–Crippen MR) is 126 cm³/mol.